The van der Waals surface area contributed by atoms with Gasteiger partial charge >= 0.3 is 0 Å². The van der Waals surface area contributed by atoms with E-state index >= 15 is 0 Å². The van der Waals surface area contributed by atoms with Crippen LogP contribution in [0.3, 0.4) is 0 Å². The van der Waals surface area contributed by atoms with Crippen LogP contribution in [0.4, 0.5) is 11.4 Å². The molecule has 2 amide bonds. The van der Waals surface area contributed by atoms with Crippen LogP contribution in [0.25, 0.3) is 11.5 Å². The summed E-state index contributed by atoms with van der Waals surface area (Å²) in [6.45, 7) is 1.44. The number of thioether (sulfide) groups is 1. The second kappa shape index (κ2) is 9.09. The van der Waals surface area contributed by atoms with Crippen LogP contribution in [0.15, 0.2) is 52.1 Å². The van der Waals surface area contributed by atoms with E-state index in [1.165, 1.54) is 6.92 Å². The molecule has 3 rings (SSSR count). The number of benzene rings is 2. The van der Waals surface area contributed by atoms with Crippen LogP contribution in [0.2, 0.25) is 10.0 Å². The topological polar surface area (TPSA) is 97.1 Å². The Morgan fingerprint density at radius 2 is 1.71 bits per heavy atom. The third kappa shape index (κ3) is 5.48. The van der Waals surface area contributed by atoms with E-state index in [1.54, 1.807) is 42.5 Å². The van der Waals surface area contributed by atoms with Gasteiger partial charge in [0.25, 0.3) is 5.22 Å². The van der Waals surface area contributed by atoms with Gasteiger partial charge in [-0.1, -0.05) is 35.0 Å². The summed E-state index contributed by atoms with van der Waals surface area (Å²) >= 11 is 12.9. The standard InChI is InChI=1S/C18H14Cl2N4O3S/c1-10(25)21-12-4-2-11(3-5-12)17-23-24-18(27-17)28-9-16(26)22-13-6-7-14(19)15(20)8-13/h2-8H,9H2,1H3,(H,21,25)(H,22,26). The maximum absolute atomic E-state index is 12.1. The first kappa shape index (κ1) is 20.2. The SMILES string of the molecule is CC(=O)Nc1ccc(-c2nnc(SCC(=O)Nc3ccc(Cl)c(Cl)c3)o2)cc1. The number of amides is 2. The normalized spacial score (nSPS) is 10.5. The zero-order chi connectivity index (χ0) is 20.1. The van der Waals surface area contributed by atoms with Gasteiger partial charge in [0.15, 0.2) is 0 Å². The second-order valence-electron chi connectivity index (χ2n) is 5.60. The summed E-state index contributed by atoms with van der Waals surface area (Å²) in [4.78, 5) is 23.1. The lowest BCUT2D eigenvalue weighted by molar-refractivity contribution is -0.114. The Morgan fingerprint density at radius 3 is 2.39 bits per heavy atom. The fraction of sp³-hybridized carbons (Fsp3) is 0.111. The van der Waals surface area contributed by atoms with E-state index in [0.29, 0.717) is 32.9 Å². The Kier molecular flexibility index (Phi) is 6.56. The van der Waals surface area contributed by atoms with Crippen molar-refractivity contribution in [1.29, 1.82) is 0 Å². The van der Waals surface area contributed by atoms with E-state index in [2.05, 4.69) is 20.8 Å². The highest BCUT2D eigenvalue weighted by Gasteiger charge is 2.12. The number of rotatable bonds is 6. The lowest BCUT2D eigenvalue weighted by atomic mass is 10.2. The first-order valence-electron chi connectivity index (χ1n) is 8.00. The molecule has 0 radical (unpaired) electrons. The van der Waals surface area contributed by atoms with Crippen molar-refractivity contribution in [2.45, 2.75) is 12.1 Å². The Morgan fingerprint density at radius 1 is 1.00 bits per heavy atom. The van der Waals surface area contributed by atoms with Gasteiger partial charge < -0.3 is 15.1 Å². The molecule has 1 heterocycles. The molecule has 0 fully saturated rings. The molecule has 1 aromatic heterocycles. The highest BCUT2D eigenvalue weighted by atomic mass is 35.5. The summed E-state index contributed by atoms with van der Waals surface area (Å²) in [6.07, 6.45) is 0. The van der Waals surface area contributed by atoms with Crippen LogP contribution in [0.5, 0.6) is 0 Å². The summed E-state index contributed by atoms with van der Waals surface area (Å²) in [5.41, 5.74) is 1.92. The molecular formula is C18H14Cl2N4O3S. The fourth-order valence-corrected chi connectivity index (χ4v) is 3.04. The lowest BCUT2D eigenvalue weighted by Gasteiger charge is -2.05. The number of carbonyl (C=O) groups excluding carboxylic acids is 2. The zero-order valence-electron chi connectivity index (χ0n) is 14.5. The van der Waals surface area contributed by atoms with E-state index in [4.69, 9.17) is 27.6 Å². The number of aromatic nitrogens is 2. The molecule has 0 spiro atoms. The predicted octanol–water partition coefficient (Wildman–Crippen LogP) is 4.73. The van der Waals surface area contributed by atoms with Gasteiger partial charge in [-0.25, -0.2) is 0 Å². The summed E-state index contributed by atoms with van der Waals surface area (Å²) in [5.74, 6) is 0.0107. The average molecular weight is 437 g/mol. The molecule has 2 aromatic carbocycles. The maximum atomic E-state index is 12.1. The van der Waals surface area contributed by atoms with Gasteiger partial charge in [0.05, 0.1) is 15.8 Å². The third-order valence-electron chi connectivity index (χ3n) is 3.39. The van der Waals surface area contributed by atoms with Crippen LogP contribution in [0, 0.1) is 0 Å². The van der Waals surface area contributed by atoms with Crippen LogP contribution in [-0.4, -0.2) is 27.8 Å². The number of anilines is 2. The van der Waals surface area contributed by atoms with Crippen molar-refractivity contribution in [1.82, 2.24) is 10.2 Å². The molecule has 0 bridgehead atoms. The Hall–Kier alpha value is -2.55. The van der Waals surface area contributed by atoms with E-state index in [-0.39, 0.29) is 22.8 Å². The molecule has 0 aliphatic carbocycles. The monoisotopic (exact) mass is 436 g/mol. The van der Waals surface area contributed by atoms with Crippen LogP contribution in [-0.2, 0) is 9.59 Å². The van der Waals surface area contributed by atoms with Crippen molar-refractivity contribution in [3.8, 4) is 11.5 Å². The molecule has 2 N–H and O–H groups in total. The smallest absolute Gasteiger partial charge is 0.277 e. The maximum Gasteiger partial charge on any atom is 0.277 e. The molecular weight excluding hydrogens is 423 g/mol. The molecule has 10 heteroatoms. The van der Waals surface area contributed by atoms with Crippen molar-refractivity contribution in [2.24, 2.45) is 0 Å². The van der Waals surface area contributed by atoms with Crippen molar-refractivity contribution < 1.29 is 14.0 Å². The number of nitrogens with one attached hydrogen (secondary N) is 2. The van der Waals surface area contributed by atoms with E-state index in [9.17, 15) is 9.59 Å². The highest BCUT2D eigenvalue weighted by Crippen LogP contribution is 2.26. The van der Waals surface area contributed by atoms with Gasteiger partial charge in [0.1, 0.15) is 0 Å². The highest BCUT2D eigenvalue weighted by molar-refractivity contribution is 7.99. The number of nitrogens with zero attached hydrogens (tertiary/aromatic N) is 2. The number of hydrogen-bond acceptors (Lipinski definition) is 6. The average Bonchev–Trinajstić information content (AvgIpc) is 3.12. The molecule has 0 saturated carbocycles. The molecule has 7 nitrogen and oxygen atoms in total. The molecule has 0 saturated heterocycles. The van der Waals surface area contributed by atoms with E-state index in [1.807, 2.05) is 0 Å². The van der Waals surface area contributed by atoms with Crippen molar-refractivity contribution in [2.75, 3.05) is 16.4 Å². The molecule has 0 unspecified atom stereocenters. The van der Waals surface area contributed by atoms with Gasteiger partial charge in [-0.2, -0.15) is 0 Å². The van der Waals surface area contributed by atoms with Crippen molar-refractivity contribution >= 4 is 58.2 Å². The van der Waals surface area contributed by atoms with E-state index < -0.39 is 0 Å². The molecule has 0 aliphatic heterocycles. The number of hydrogen-bond donors (Lipinski definition) is 2. The van der Waals surface area contributed by atoms with Crippen LogP contribution >= 0.6 is 35.0 Å². The minimum absolute atomic E-state index is 0.0867. The molecule has 0 aliphatic rings. The number of carbonyl (C=O) groups is 2. The van der Waals surface area contributed by atoms with Gasteiger partial charge in [-0.3, -0.25) is 9.59 Å². The largest absolute Gasteiger partial charge is 0.411 e. The fourth-order valence-electron chi connectivity index (χ4n) is 2.18. The van der Waals surface area contributed by atoms with Crippen LogP contribution < -0.4 is 10.6 Å². The van der Waals surface area contributed by atoms with Gasteiger partial charge in [-0.15, -0.1) is 10.2 Å². The summed E-state index contributed by atoms with van der Waals surface area (Å²) in [6, 6.07) is 11.8. The number of halogens is 2. The zero-order valence-corrected chi connectivity index (χ0v) is 16.9. The molecule has 3 aromatic rings. The first-order valence-corrected chi connectivity index (χ1v) is 9.74. The molecule has 0 atom stereocenters. The van der Waals surface area contributed by atoms with Crippen LogP contribution in [0.1, 0.15) is 6.92 Å². The molecule has 28 heavy (non-hydrogen) atoms. The first-order chi connectivity index (χ1) is 13.4. The van der Waals surface area contributed by atoms with Crippen molar-refractivity contribution in [3.63, 3.8) is 0 Å². The van der Waals surface area contributed by atoms with Gasteiger partial charge in [0.2, 0.25) is 17.7 Å². The second-order valence-corrected chi connectivity index (χ2v) is 7.34. The summed E-state index contributed by atoms with van der Waals surface area (Å²) in [5, 5.41) is 14.3. The Balaban J connectivity index is 1.56. The summed E-state index contributed by atoms with van der Waals surface area (Å²) in [7, 11) is 0. The van der Waals surface area contributed by atoms with Gasteiger partial charge in [0, 0.05) is 23.9 Å². The lowest BCUT2D eigenvalue weighted by Crippen LogP contribution is -2.13. The quantitative estimate of drug-likeness (QED) is 0.541. The minimum Gasteiger partial charge on any atom is -0.411 e. The molecule has 144 valence electrons. The Bertz CT molecular complexity index is 1010. The van der Waals surface area contributed by atoms with E-state index in [0.717, 1.165) is 11.8 Å². The Labute approximate surface area is 174 Å². The third-order valence-corrected chi connectivity index (χ3v) is 4.95. The predicted molar refractivity (Wildman–Crippen MR) is 110 cm³/mol. The summed E-state index contributed by atoms with van der Waals surface area (Å²) < 4.78 is 5.56. The minimum atomic E-state index is -0.247. The van der Waals surface area contributed by atoms with Gasteiger partial charge in [-0.05, 0) is 42.5 Å². The van der Waals surface area contributed by atoms with Crippen molar-refractivity contribution in [3.05, 3.63) is 52.5 Å².